The molecule has 0 bridgehead atoms. The van der Waals surface area contributed by atoms with Gasteiger partial charge in [0.1, 0.15) is 0 Å². The normalized spacial score (nSPS) is 10.4. The van der Waals surface area contributed by atoms with Crippen molar-refractivity contribution in [2.75, 3.05) is 5.73 Å². The second-order valence-electron chi connectivity index (χ2n) is 3.26. The van der Waals surface area contributed by atoms with E-state index in [2.05, 4.69) is 26.5 Å². The second kappa shape index (κ2) is 3.02. The average molecular weight is 181 g/mol. The highest BCUT2D eigenvalue weighted by Gasteiger charge is 2.09. The van der Waals surface area contributed by atoms with Crippen molar-refractivity contribution in [1.29, 1.82) is 0 Å². The Labute approximate surface area is 79.4 Å². The van der Waals surface area contributed by atoms with E-state index in [9.17, 15) is 0 Å². The lowest BCUT2D eigenvalue weighted by Crippen LogP contribution is -2.00. The van der Waals surface area contributed by atoms with Crippen LogP contribution in [-0.4, -0.2) is 0 Å². The predicted molar refractivity (Wildman–Crippen MR) is 57.1 cm³/mol. The van der Waals surface area contributed by atoms with Gasteiger partial charge in [-0.2, -0.15) is 0 Å². The minimum absolute atomic E-state index is 0.905. The lowest BCUT2D eigenvalue weighted by atomic mass is 9.99. The van der Waals surface area contributed by atoms with E-state index >= 15 is 0 Å². The molecular formula is C10H15NS. The molecule has 0 amide bonds. The van der Waals surface area contributed by atoms with Crippen molar-refractivity contribution >= 4 is 18.3 Å². The van der Waals surface area contributed by atoms with E-state index in [1.165, 1.54) is 11.1 Å². The Morgan fingerprint density at radius 2 is 1.17 bits per heavy atom. The van der Waals surface area contributed by atoms with Crippen LogP contribution in [0.2, 0.25) is 0 Å². The lowest BCUT2D eigenvalue weighted by molar-refractivity contribution is 1.14. The summed E-state index contributed by atoms with van der Waals surface area (Å²) in [5.74, 6) is 0. The molecule has 0 unspecified atom stereocenters. The first-order valence-electron chi connectivity index (χ1n) is 4.01. The van der Waals surface area contributed by atoms with Gasteiger partial charge in [0.05, 0.1) is 0 Å². The summed E-state index contributed by atoms with van der Waals surface area (Å²) in [4.78, 5) is 1.07. The molecule has 0 saturated carbocycles. The van der Waals surface area contributed by atoms with Crippen molar-refractivity contribution in [1.82, 2.24) is 0 Å². The van der Waals surface area contributed by atoms with Gasteiger partial charge in [-0.15, -0.1) is 12.6 Å². The highest BCUT2D eigenvalue weighted by atomic mass is 32.1. The summed E-state index contributed by atoms with van der Waals surface area (Å²) in [7, 11) is 0. The van der Waals surface area contributed by atoms with Crippen LogP contribution in [-0.2, 0) is 0 Å². The molecule has 0 saturated heterocycles. The zero-order valence-electron chi connectivity index (χ0n) is 8.02. The molecule has 1 rings (SSSR count). The molecule has 2 N–H and O–H groups in total. The number of nitrogens with two attached hydrogens (primary N) is 1. The minimum atomic E-state index is 0.905. The molecule has 0 aromatic heterocycles. The number of benzene rings is 1. The first-order valence-corrected chi connectivity index (χ1v) is 4.46. The Morgan fingerprint density at radius 3 is 1.50 bits per heavy atom. The zero-order chi connectivity index (χ0) is 9.46. The van der Waals surface area contributed by atoms with Crippen LogP contribution in [0.15, 0.2) is 4.90 Å². The molecule has 1 aromatic rings. The number of nitrogen functional groups attached to an aromatic ring is 1. The minimum Gasteiger partial charge on any atom is -0.398 e. The van der Waals surface area contributed by atoms with Gasteiger partial charge in [0, 0.05) is 10.6 Å². The van der Waals surface area contributed by atoms with Gasteiger partial charge in [0.25, 0.3) is 0 Å². The predicted octanol–water partition coefficient (Wildman–Crippen LogP) is 2.79. The summed E-state index contributed by atoms with van der Waals surface area (Å²) >= 11 is 4.44. The Morgan fingerprint density at radius 1 is 0.833 bits per heavy atom. The third-order valence-corrected chi connectivity index (χ3v) is 3.31. The molecule has 0 radical (unpaired) electrons. The van der Waals surface area contributed by atoms with Crippen molar-refractivity contribution in [3.05, 3.63) is 22.3 Å². The van der Waals surface area contributed by atoms with E-state index in [0.717, 1.165) is 21.7 Å². The van der Waals surface area contributed by atoms with Crippen LogP contribution in [0.5, 0.6) is 0 Å². The van der Waals surface area contributed by atoms with Gasteiger partial charge >= 0.3 is 0 Å². The highest BCUT2D eigenvalue weighted by molar-refractivity contribution is 7.80. The van der Waals surface area contributed by atoms with Crippen LogP contribution in [0.3, 0.4) is 0 Å². The van der Waals surface area contributed by atoms with Crippen molar-refractivity contribution in [3.8, 4) is 0 Å². The SMILES string of the molecule is Cc1c(C)c(S)c(C)c(C)c1N. The molecule has 0 aliphatic carbocycles. The van der Waals surface area contributed by atoms with E-state index in [0.29, 0.717) is 0 Å². The third-order valence-electron chi connectivity index (χ3n) is 2.64. The Balaban J connectivity index is 3.60. The van der Waals surface area contributed by atoms with E-state index in [1.54, 1.807) is 0 Å². The van der Waals surface area contributed by atoms with Crippen molar-refractivity contribution in [2.24, 2.45) is 0 Å². The van der Waals surface area contributed by atoms with Crippen LogP contribution >= 0.6 is 12.6 Å². The van der Waals surface area contributed by atoms with E-state index in [-0.39, 0.29) is 0 Å². The number of rotatable bonds is 0. The first-order chi connectivity index (χ1) is 5.46. The summed E-state index contributed by atoms with van der Waals surface area (Å²) in [6, 6.07) is 0. The second-order valence-corrected chi connectivity index (χ2v) is 3.71. The topological polar surface area (TPSA) is 26.0 Å². The van der Waals surface area contributed by atoms with Gasteiger partial charge in [-0.25, -0.2) is 0 Å². The fourth-order valence-corrected chi connectivity index (χ4v) is 1.66. The summed E-state index contributed by atoms with van der Waals surface area (Å²) in [6.07, 6.45) is 0. The molecule has 1 nitrogen and oxygen atoms in total. The van der Waals surface area contributed by atoms with Gasteiger partial charge in [0.2, 0.25) is 0 Å². The third kappa shape index (κ3) is 1.20. The van der Waals surface area contributed by atoms with Crippen molar-refractivity contribution < 1.29 is 0 Å². The number of anilines is 1. The van der Waals surface area contributed by atoms with E-state index in [1.807, 2.05) is 13.8 Å². The van der Waals surface area contributed by atoms with Gasteiger partial charge in [-0.3, -0.25) is 0 Å². The molecule has 0 aliphatic heterocycles. The standard InChI is InChI=1S/C10H15NS/c1-5-7(3)10(12)8(4)6(2)9(5)11/h12H,11H2,1-4H3. The van der Waals surface area contributed by atoms with Gasteiger partial charge < -0.3 is 5.73 Å². The fraction of sp³-hybridized carbons (Fsp3) is 0.400. The van der Waals surface area contributed by atoms with E-state index in [4.69, 9.17) is 5.73 Å². The number of hydrogen-bond acceptors (Lipinski definition) is 2. The van der Waals surface area contributed by atoms with Crippen molar-refractivity contribution in [3.63, 3.8) is 0 Å². The molecule has 0 spiro atoms. The van der Waals surface area contributed by atoms with Gasteiger partial charge in [0.15, 0.2) is 0 Å². The van der Waals surface area contributed by atoms with Crippen LogP contribution in [0.25, 0.3) is 0 Å². The summed E-state index contributed by atoms with van der Waals surface area (Å²) in [5, 5.41) is 0. The molecule has 0 aliphatic rings. The quantitative estimate of drug-likeness (QED) is 0.467. The molecular weight excluding hydrogens is 166 g/mol. The summed E-state index contributed by atoms with van der Waals surface area (Å²) in [5.41, 5.74) is 11.5. The zero-order valence-corrected chi connectivity index (χ0v) is 8.92. The van der Waals surface area contributed by atoms with Crippen LogP contribution < -0.4 is 5.73 Å². The Kier molecular flexibility index (Phi) is 2.38. The monoisotopic (exact) mass is 181 g/mol. The maximum atomic E-state index is 5.92. The maximum Gasteiger partial charge on any atom is 0.0379 e. The smallest absolute Gasteiger partial charge is 0.0379 e. The van der Waals surface area contributed by atoms with Gasteiger partial charge in [-0.1, -0.05) is 0 Å². The maximum absolute atomic E-state index is 5.92. The van der Waals surface area contributed by atoms with Crippen LogP contribution in [0.1, 0.15) is 22.3 Å². The van der Waals surface area contributed by atoms with Gasteiger partial charge in [-0.05, 0) is 49.9 Å². The molecule has 12 heavy (non-hydrogen) atoms. The Hall–Kier alpha value is -0.630. The summed E-state index contributed by atoms with van der Waals surface area (Å²) in [6.45, 7) is 8.19. The number of thiol groups is 1. The fourth-order valence-electron chi connectivity index (χ4n) is 1.32. The highest BCUT2D eigenvalue weighted by Crippen LogP contribution is 2.30. The van der Waals surface area contributed by atoms with E-state index < -0.39 is 0 Å². The molecule has 0 atom stereocenters. The molecule has 2 heteroatoms. The lowest BCUT2D eigenvalue weighted by Gasteiger charge is -2.14. The Bertz CT molecular complexity index is 224. The molecule has 66 valence electrons. The molecule has 0 fully saturated rings. The largest absolute Gasteiger partial charge is 0.398 e. The first kappa shape index (κ1) is 9.46. The van der Waals surface area contributed by atoms with Crippen LogP contribution in [0.4, 0.5) is 5.69 Å². The average Bonchev–Trinajstić information content (AvgIpc) is 2.08. The van der Waals surface area contributed by atoms with Crippen LogP contribution in [0, 0.1) is 27.7 Å². The molecule has 0 heterocycles. The summed E-state index contributed by atoms with van der Waals surface area (Å²) < 4.78 is 0. The van der Waals surface area contributed by atoms with Crippen molar-refractivity contribution in [2.45, 2.75) is 32.6 Å². The number of hydrogen-bond donors (Lipinski definition) is 2. The molecule has 1 aromatic carbocycles.